The third-order valence-corrected chi connectivity index (χ3v) is 3.69. The highest BCUT2D eigenvalue weighted by Gasteiger charge is 2.10. The first-order valence-corrected chi connectivity index (χ1v) is 7.00. The van der Waals surface area contributed by atoms with Crippen LogP contribution in [-0.4, -0.2) is 12.2 Å². The van der Waals surface area contributed by atoms with Gasteiger partial charge >= 0.3 is 0 Å². The van der Waals surface area contributed by atoms with Gasteiger partial charge in [-0.2, -0.15) is 0 Å². The van der Waals surface area contributed by atoms with Gasteiger partial charge in [0.1, 0.15) is 11.5 Å². The Morgan fingerprint density at radius 3 is 2.58 bits per heavy atom. The van der Waals surface area contributed by atoms with Crippen molar-refractivity contribution in [1.82, 2.24) is 0 Å². The molecule has 1 unspecified atom stereocenters. The molecule has 0 spiro atoms. The van der Waals surface area contributed by atoms with E-state index in [9.17, 15) is 5.11 Å². The Bertz CT molecular complexity index is 563. The number of hydrogen-bond acceptors (Lipinski definition) is 3. The summed E-state index contributed by atoms with van der Waals surface area (Å²) in [4.78, 5) is 2.11. The minimum Gasteiger partial charge on any atom is -0.464 e. The zero-order valence-corrected chi connectivity index (χ0v) is 12.9. The summed E-state index contributed by atoms with van der Waals surface area (Å²) < 4.78 is 6.55. The Hall–Kier alpha value is -1.26. The van der Waals surface area contributed by atoms with Crippen molar-refractivity contribution in [3.8, 4) is 0 Å². The Morgan fingerprint density at radius 1 is 1.32 bits per heavy atom. The van der Waals surface area contributed by atoms with E-state index in [4.69, 9.17) is 4.42 Å². The first kappa shape index (κ1) is 14.2. The highest BCUT2D eigenvalue weighted by molar-refractivity contribution is 9.10. The van der Waals surface area contributed by atoms with Crippen LogP contribution < -0.4 is 4.90 Å². The average Bonchev–Trinajstić information content (AvgIpc) is 2.74. The Balaban J connectivity index is 2.17. The summed E-state index contributed by atoms with van der Waals surface area (Å²) in [5, 5.41) is 9.57. The van der Waals surface area contributed by atoms with Gasteiger partial charge in [-0.1, -0.05) is 6.07 Å². The summed E-state index contributed by atoms with van der Waals surface area (Å²) in [6.45, 7) is 4.41. The van der Waals surface area contributed by atoms with Crippen LogP contribution >= 0.6 is 15.9 Å². The standard InChI is InChI=1S/C15H18BrNO2/c1-10-4-6-13(19-10)9-17(3)15-7-5-12(11(2)18)8-14(15)16/h4-8,11,18H,9H2,1-3H3. The van der Waals surface area contributed by atoms with Gasteiger partial charge in [0.05, 0.1) is 18.3 Å². The maximum absolute atomic E-state index is 9.57. The summed E-state index contributed by atoms with van der Waals surface area (Å²) in [6, 6.07) is 9.85. The third-order valence-electron chi connectivity index (χ3n) is 3.05. The second kappa shape index (κ2) is 5.80. The topological polar surface area (TPSA) is 36.6 Å². The predicted molar refractivity (Wildman–Crippen MR) is 80.3 cm³/mol. The van der Waals surface area contributed by atoms with Crippen LogP contribution in [0, 0.1) is 6.92 Å². The molecule has 0 aliphatic rings. The largest absolute Gasteiger partial charge is 0.464 e. The molecule has 0 saturated carbocycles. The number of aryl methyl sites for hydroxylation is 1. The number of halogens is 1. The molecule has 2 aromatic rings. The van der Waals surface area contributed by atoms with Gasteiger partial charge in [0.2, 0.25) is 0 Å². The van der Waals surface area contributed by atoms with E-state index in [1.165, 1.54) is 0 Å². The van der Waals surface area contributed by atoms with E-state index in [1.54, 1.807) is 6.92 Å². The Morgan fingerprint density at radius 2 is 2.05 bits per heavy atom. The minimum absolute atomic E-state index is 0.455. The highest BCUT2D eigenvalue weighted by atomic mass is 79.9. The molecule has 19 heavy (non-hydrogen) atoms. The predicted octanol–water partition coefficient (Wildman–Crippen LogP) is 4.04. The molecule has 0 radical (unpaired) electrons. The van der Waals surface area contributed by atoms with Crippen molar-refractivity contribution in [3.63, 3.8) is 0 Å². The summed E-state index contributed by atoms with van der Waals surface area (Å²) in [6.07, 6.45) is -0.455. The fraction of sp³-hybridized carbons (Fsp3) is 0.333. The monoisotopic (exact) mass is 323 g/mol. The molecule has 0 aliphatic carbocycles. The van der Waals surface area contributed by atoms with E-state index in [0.29, 0.717) is 6.54 Å². The lowest BCUT2D eigenvalue weighted by molar-refractivity contribution is 0.199. The normalized spacial score (nSPS) is 12.5. The summed E-state index contributed by atoms with van der Waals surface area (Å²) in [5.74, 6) is 1.86. The fourth-order valence-corrected chi connectivity index (χ4v) is 2.68. The number of aliphatic hydroxyl groups is 1. The second-order valence-corrected chi connectivity index (χ2v) is 5.61. The van der Waals surface area contributed by atoms with Gasteiger partial charge in [-0.25, -0.2) is 0 Å². The first-order chi connectivity index (χ1) is 8.97. The zero-order chi connectivity index (χ0) is 14.0. The van der Waals surface area contributed by atoms with Crippen molar-refractivity contribution >= 4 is 21.6 Å². The molecule has 2 rings (SSSR count). The molecule has 1 aromatic heterocycles. The van der Waals surface area contributed by atoms with E-state index in [0.717, 1.165) is 27.2 Å². The number of rotatable bonds is 4. The van der Waals surface area contributed by atoms with E-state index in [-0.39, 0.29) is 0 Å². The number of furan rings is 1. The molecule has 0 aliphatic heterocycles. The highest BCUT2D eigenvalue weighted by Crippen LogP contribution is 2.29. The fourth-order valence-electron chi connectivity index (χ4n) is 1.98. The van der Waals surface area contributed by atoms with Crippen LogP contribution in [0.4, 0.5) is 5.69 Å². The van der Waals surface area contributed by atoms with Crippen LogP contribution in [-0.2, 0) is 6.54 Å². The van der Waals surface area contributed by atoms with Crippen molar-refractivity contribution in [2.75, 3.05) is 11.9 Å². The number of anilines is 1. The zero-order valence-electron chi connectivity index (χ0n) is 11.4. The van der Waals surface area contributed by atoms with Gasteiger partial charge in [0.15, 0.2) is 0 Å². The van der Waals surface area contributed by atoms with E-state index in [2.05, 4.69) is 20.8 Å². The van der Waals surface area contributed by atoms with Crippen molar-refractivity contribution in [2.24, 2.45) is 0 Å². The lowest BCUT2D eigenvalue weighted by Crippen LogP contribution is -2.16. The Labute approximate surface area is 122 Å². The van der Waals surface area contributed by atoms with Crippen LogP contribution in [0.1, 0.15) is 30.1 Å². The van der Waals surface area contributed by atoms with E-state index >= 15 is 0 Å². The van der Waals surface area contributed by atoms with Crippen LogP contribution in [0.15, 0.2) is 39.2 Å². The third kappa shape index (κ3) is 3.39. The Kier molecular flexibility index (Phi) is 4.32. The second-order valence-electron chi connectivity index (χ2n) is 4.76. The van der Waals surface area contributed by atoms with Crippen LogP contribution in [0.5, 0.6) is 0 Å². The van der Waals surface area contributed by atoms with Crippen molar-refractivity contribution in [2.45, 2.75) is 26.5 Å². The molecule has 0 amide bonds. The first-order valence-electron chi connectivity index (χ1n) is 6.21. The molecule has 0 bridgehead atoms. The van der Waals surface area contributed by atoms with Gasteiger partial charge in [0.25, 0.3) is 0 Å². The van der Waals surface area contributed by atoms with Crippen molar-refractivity contribution < 1.29 is 9.52 Å². The van der Waals surface area contributed by atoms with Gasteiger partial charge < -0.3 is 14.4 Å². The molecule has 0 fully saturated rings. The van der Waals surface area contributed by atoms with Gasteiger partial charge in [0, 0.05) is 11.5 Å². The molecular formula is C15H18BrNO2. The maximum atomic E-state index is 9.57. The molecule has 1 aromatic carbocycles. The molecular weight excluding hydrogens is 306 g/mol. The van der Waals surface area contributed by atoms with Gasteiger partial charge in [-0.3, -0.25) is 0 Å². The molecule has 4 heteroatoms. The molecule has 0 saturated heterocycles. The molecule has 1 atom stereocenters. The van der Waals surface area contributed by atoms with Crippen molar-refractivity contribution in [1.29, 1.82) is 0 Å². The smallest absolute Gasteiger partial charge is 0.123 e. The van der Waals surface area contributed by atoms with Gasteiger partial charge in [-0.15, -0.1) is 0 Å². The average molecular weight is 324 g/mol. The lowest BCUT2D eigenvalue weighted by atomic mass is 10.1. The summed E-state index contributed by atoms with van der Waals surface area (Å²) >= 11 is 3.55. The van der Waals surface area contributed by atoms with E-state index in [1.807, 2.05) is 44.3 Å². The van der Waals surface area contributed by atoms with Crippen LogP contribution in [0.2, 0.25) is 0 Å². The quantitative estimate of drug-likeness (QED) is 0.922. The number of aliphatic hydroxyl groups excluding tert-OH is 1. The van der Waals surface area contributed by atoms with Gasteiger partial charge in [-0.05, 0) is 59.6 Å². The molecule has 3 nitrogen and oxygen atoms in total. The number of benzene rings is 1. The molecule has 1 N–H and O–H groups in total. The summed E-state index contributed by atoms with van der Waals surface area (Å²) in [5.41, 5.74) is 1.97. The van der Waals surface area contributed by atoms with Crippen LogP contribution in [0.25, 0.3) is 0 Å². The summed E-state index contributed by atoms with van der Waals surface area (Å²) in [7, 11) is 2.01. The van der Waals surface area contributed by atoms with Crippen LogP contribution in [0.3, 0.4) is 0 Å². The minimum atomic E-state index is -0.455. The van der Waals surface area contributed by atoms with E-state index < -0.39 is 6.10 Å². The molecule has 1 heterocycles. The SMILES string of the molecule is Cc1ccc(CN(C)c2ccc(C(C)O)cc2Br)o1. The maximum Gasteiger partial charge on any atom is 0.123 e. The van der Waals surface area contributed by atoms with Crippen molar-refractivity contribution in [3.05, 3.63) is 51.9 Å². The lowest BCUT2D eigenvalue weighted by Gasteiger charge is -2.20. The number of hydrogen-bond donors (Lipinski definition) is 1. The number of nitrogens with zero attached hydrogens (tertiary/aromatic N) is 1. The molecule has 102 valence electrons.